The number of carbonyl (C=O) groups is 1. The standard InChI is InChI=1S/C22H23FN6O/c1-13-10-14(2)26-22(25-13)28-9-7-15-11-29(19(15)12-28)21(30)16-4-3-5-17(23)20(16)18-6-8-24-27-18/h3-6,8,10,15,19H,7,9,11-12H2,1-2H3,(H,24,27). The number of H-pyrrole nitrogens is 1. The van der Waals surface area contributed by atoms with Crippen LogP contribution in [0.1, 0.15) is 28.2 Å². The lowest BCUT2D eigenvalue weighted by Crippen LogP contribution is -2.66. The fourth-order valence-corrected chi connectivity index (χ4v) is 4.59. The summed E-state index contributed by atoms with van der Waals surface area (Å²) >= 11 is 0. The highest BCUT2D eigenvalue weighted by Gasteiger charge is 2.46. The average molecular weight is 406 g/mol. The zero-order valence-corrected chi connectivity index (χ0v) is 17.0. The van der Waals surface area contributed by atoms with Crippen molar-refractivity contribution < 1.29 is 9.18 Å². The van der Waals surface area contributed by atoms with Gasteiger partial charge in [-0.15, -0.1) is 0 Å². The van der Waals surface area contributed by atoms with Gasteiger partial charge in [-0.2, -0.15) is 5.10 Å². The molecule has 2 fully saturated rings. The van der Waals surface area contributed by atoms with Crippen molar-refractivity contribution in [2.24, 2.45) is 5.92 Å². The Labute approximate surface area is 174 Å². The Bertz CT molecular complexity index is 1080. The highest BCUT2D eigenvalue weighted by atomic mass is 19.1. The second-order valence-electron chi connectivity index (χ2n) is 8.10. The summed E-state index contributed by atoms with van der Waals surface area (Å²) in [6, 6.07) is 8.34. The number of piperidine rings is 1. The van der Waals surface area contributed by atoms with E-state index in [-0.39, 0.29) is 17.5 Å². The second kappa shape index (κ2) is 7.19. The summed E-state index contributed by atoms with van der Waals surface area (Å²) in [7, 11) is 0. The quantitative estimate of drug-likeness (QED) is 0.724. The summed E-state index contributed by atoms with van der Waals surface area (Å²) in [5.41, 5.74) is 3.00. The van der Waals surface area contributed by atoms with Gasteiger partial charge in [-0.05, 0) is 44.5 Å². The Morgan fingerprint density at radius 3 is 2.70 bits per heavy atom. The minimum atomic E-state index is -0.434. The predicted molar refractivity (Wildman–Crippen MR) is 111 cm³/mol. The van der Waals surface area contributed by atoms with Crippen molar-refractivity contribution in [1.29, 1.82) is 0 Å². The molecule has 7 nitrogen and oxygen atoms in total. The number of benzene rings is 1. The van der Waals surface area contributed by atoms with E-state index in [4.69, 9.17) is 0 Å². The Morgan fingerprint density at radius 1 is 1.17 bits per heavy atom. The first kappa shape index (κ1) is 18.7. The maximum atomic E-state index is 14.6. The number of halogens is 1. The van der Waals surface area contributed by atoms with Crippen LogP contribution in [0.4, 0.5) is 10.3 Å². The number of hydrogen-bond donors (Lipinski definition) is 1. The van der Waals surface area contributed by atoms with Crippen LogP contribution in [0.2, 0.25) is 0 Å². The van der Waals surface area contributed by atoms with Crippen molar-refractivity contribution in [3.63, 3.8) is 0 Å². The number of likely N-dealkylation sites (tertiary alicyclic amines) is 1. The van der Waals surface area contributed by atoms with Gasteiger partial charge in [-0.1, -0.05) is 6.07 Å². The van der Waals surface area contributed by atoms with Crippen LogP contribution in [0.15, 0.2) is 36.5 Å². The molecule has 30 heavy (non-hydrogen) atoms. The van der Waals surface area contributed by atoms with Crippen molar-refractivity contribution in [1.82, 2.24) is 25.1 Å². The Kier molecular flexibility index (Phi) is 4.49. The number of nitrogens with one attached hydrogen (secondary N) is 1. The van der Waals surface area contributed by atoms with Crippen molar-refractivity contribution in [2.45, 2.75) is 26.3 Å². The number of aromatic nitrogens is 4. The molecule has 2 unspecified atom stereocenters. The van der Waals surface area contributed by atoms with E-state index in [2.05, 4.69) is 25.1 Å². The third-order valence-corrected chi connectivity index (χ3v) is 6.08. The Balaban J connectivity index is 1.41. The maximum absolute atomic E-state index is 14.6. The van der Waals surface area contributed by atoms with Crippen LogP contribution in [-0.4, -0.2) is 56.6 Å². The van der Waals surface area contributed by atoms with Crippen molar-refractivity contribution in [2.75, 3.05) is 24.5 Å². The van der Waals surface area contributed by atoms with Crippen LogP contribution in [0, 0.1) is 25.6 Å². The number of amides is 1. The molecule has 0 saturated carbocycles. The first-order valence-corrected chi connectivity index (χ1v) is 10.2. The topological polar surface area (TPSA) is 78.0 Å². The van der Waals surface area contributed by atoms with Crippen molar-refractivity contribution in [3.05, 3.63) is 59.3 Å². The molecule has 2 saturated heterocycles. The van der Waals surface area contributed by atoms with E-state index in [1.807, 2.05) is 24.8 Å². The van der Waals surface area contributed by atoms with Crippen LogP contribution >= 0.6 is 0 Å². The number of aromatic amines is 1. The largest absolute Gasteiger partial charge is 0.339 e. The Morgan fingerprint density at radius 2 is 1.97 bits per heavy atom. The number of carbonyl (C=O) groups excluding carboxylic acids is 1. The van der Waals surface area contributed by atoms with Crippen LogP contribution in [0.25, 0.3) is 11.3 Å². The molecule has 2 aliphatic rings. The first-order valence-electron chi connectivity index (χ1n) is 10.2. The van der Waals surface area contributed by atoms with Gasteiger partial charge in [0.25, 0.3) is 5.91 Å². The van der Waals surface area contributed by atoms with Crippen molar-refractivity contribution in [3.8, 4) is 11.3 Å². The van der Waals surface area contributed by atoms with E-state index in [1.54, 1.807) is 24.4 Å². The number of fused-ring (bicyclic) bond motifs is 1. The molecule has 1 amide bonds. The van der Waals surface area contributed by atoms with Gasteiger partial charge >= 0.3 is 0 Å². The van der Waals surface area contributed by atoms with Crippen LogP contribution in [0.3, 0.4) is 0 Å². The summed E-state index contributed by atoms with van der Waals surface area (Å²) < 4.78 is 14.6. The molecular weight excluding hydrogens is 383 g/mol. The molecular formula is C22H23FN6O. The lowest BCUT2D eigenvalue weighted by atomic mass is 9.81. The number of hydrogen-bond acceptors (Lipinski definition) is 5. The van der Waals surface area contributed by atoms with E-state index >= 15 is 0 Å². The predicted octanol–water partition coefficient (Wildman–Crippen LogP) is 2.97. The molecule has 8 heteroatoms. The molecule has 1 aromatic carbocycles. The zero-order valence-electron chi connectivity index (χ0n) is 17.0. The van der Waals surface area contributed by atoms with E-state index in [0.717, 1.165) is 24.4 Å². The molecule has 0 radical (unpaired) electrons. The van der Waals surface area contributed by atoms with E-state index in [9.17, 15) is 9.18 Å². The number of nitrogens with zero attached hydrogens (tertiary/aromatic N) is 5. The molecule has 2 atom stereocenters. The molecule has 4 heterocycles. The smallest absolute Gasteiger partial charge is 0.254 e. The normalized spacial score (nSPS) is 20.6. The minimum absolute atomic E-state index is 0.0774. The maximum Gasteiger partial charge on any atom is 0.254 e. The molecule has 2 aliphatic heterocycles. The van der Waals surface area contributed by atoms with Gasteiger partial charge in [0.1, 0.15) is 5.82 Å². The van der Waals surface area contributed by atoms with Gasteiger partial charge in [0.05, 0.1) is 17.3 Å². The molecule has 154 valence electrons. The highest BCUT2D eigenvalue weighted by Crippen LogP contribution is 2.36. The Hall–Kier alpha value is -3.29. The molecule has 2 aromatic heterocycles. The summed E-state index contributed by atoms with van der Waals surface area (Å²) in [6.45, 7) is 6.19. The van der Waals surface area contributed by atoms with Crippen LogP contribution in [0.5, 0.6) is 0 Å². The zero-order chi connectivity index (χ0) is 20.8. The first-order chi connectivity index (χ1) is 14.5. The molecule has 5 rings (SSSR count). The fraction of sp³-hybridized carbons (Fsp3) is 0.364. The van der Waals surface area contributed by atoms with Crippen LogP contribution < -0.4 is 4.90 Å². The van der Waals surface area contributed by atoms with Gasteiger partial charge in [-0.25, -0.2) is 14.4 Å². The van der Waals surface area contributed by atoms with Crippen molar-refractivity contribution >= 4 is 11.9 Å². The molecule has 1 N–H and O–H groups in total. The number of aryl methyl sites for hydroxylation is 2. The molecule has 3 aromatic rings. The van der Waals surface area contributed by atoms with Gasteiger partial charge in [0, 0.05) is 48.7 Å². The molecule has 0 bridgehead atoms. The van der Waals surface area contributed by atoms with Gasteiger partial charge in [0.2, 0.25) is 5.95 Å². The van der Waals surface area contributed by atoms with E-state index in [1.165, 1.54) is 6.07 Å². The lowest BCUT2D eigenvalue weighted by Gasteiger charge is -2.53. The second-order valence-corrected chi connectivity index (χ2v) is 8.10. The van der Waals surface area contributed by atoms with E-state index in [0.29, 0.717) is 36.2 Å². The summed E-state index contributed by atoms with van der Waals surface area (Å²) in [5, 5.41) is 6.68. The summed E-state index contributed by atoms with van der Waals surface area (Å²) in [4.78, 5) is 26.5. The van der Waals surface area contributed by atoms with Gasteiger partial charge in [0.15, 0.2) is 0 Å². The van der Waals surface area contributed by atoms with Gasteiger partial charge < -0.3 is 9.80 Å². The monoisotopic (exact) mass is 406 g/mol. The van der Waals surface area contributed by atoms with Gasteiger partial charge in [-0.3, -0.25) is 9.89 Å². The molecule has 0 aliphatic carbocycles. The average Bonchev–Trinajstić information content (AvgIpc) is 3.22. The lowest BCUT2D eigenvalue weighted by molar-refractivity contribution is 0.00771. The SMILES string of the molecule is Cc1cc(C)nc(N2CCC3CN(C(=O)c4cccc(F)c4-c4ccn[nH]4)C3C2)n1. The highest BCUT2D eigenvalue weighted by molar-refractivity contribution is 6.01. The number of rotatable bonds is 3. The minimum Gasteiger partial charge on any atom is -0.339 e. The summed E-state index contributed by atoms with van der Waals surface area (Å²) in [6.07, 6.45) is 2.54. The fourth-order valence-electron chi connectivity index (χ4n) is 4.59. The third kappa shape index (κ3) is 3.12. The summed E-state index contributed by atoms with van der Waals surface area (Å²) in [5.74, 6) is 0.592. The van der Waals surface area contributed by atoms with Crippen LogP contribution in [-0.2, 0) is 0 Å². The van der Waals surface area contributed by atoms with E-state index < -0.39 is 5.82 Å². The third-order valence-electron chi connectivity index (χ3n) is 6.08. The molecule has 0 spiro atoms. The number of anilines is 1.